The fourth-order valence-corrected chi connectivity index (χ4v) is 4.90. The Morgan fingerprint density at radius 2 is 2.12 bits per heavy atom. The number of aryl methyl sites for hydroxylation is 1. The maximum absolute atomic E-state index is 12.6. The highest BCUT2D eigenvalue weighted by molar-refractivity contribution is 7.11. The van der Waals surface area contributed by atoms with Crippen LogP contribution in [0.3, 0.4) is 0 Å². The number of likely N-dealkylation sites (tertiary alicyclic amines) is 1. The number of aliphatic carboxylic acids is 1. The summed E-state index contributed by atoms with van der Waals surface area (Å²) in [7, 11) is 0. The standard InChI is InChI=1S/C19H23N3O2S.C2HF3O2/c1-14-5-6-16(25-14)11-22-9-7-19(13-22)15(10-21-18(19)23)12-24-17-4-2-3-8-20-17;3-2(4,5)1(6)7/h2-6,8,15H,7,9-13H2,1H3,(H,21,23);(H,6,7)/t15-,19+;/m0./s1. The molecule has 0 unspecified atom stereocenters. The van der Waals surface area contributed by atoms with Crippen LogP contribution in [0.5, 0.6) is 5.88 Å². The number of nitrogens with zero attached hydrogens (tertiary/aromatic N) is 2. The van der Waals surface area contributed by atoms with Gasteiger partial charge in [0.25, 0.3) is 0 Å². The number of carbonyl (C=O) groups excluding carboxylic acids is 1. The van der Waals surface area contributed by atoms with Crippen LogP contribution in [-0.2, 0) is 16.1 Å². The summed E-state index contributed by atoms with van der Waals surface area (Å²) < 4.78 is 37.6. The van der Waals surface area contributed by atoms with Crippen LogP contribution in [0.2, 0.25) is 0 Å². The second-order valence-electron chi connectivity index (χ2n) is 7.82. The van der Waals surface area contributed by atoms with Gasteiger partial charge in [0.2, 0.25) is 11.8 Å². The summed E-state index contributed by atoms with van der Waals surface area (Å²) in [5.74, 6) is -1.75. The molecule has 0 aromatic carbocycles. The Kier molecular flexibility index (Phi) is 7.40. The minimum atomic E-state index is -5.08. The lowest BCUT2D eigenvalue weighted by Crippen LogP contribution is -2.40. The van der Waals surface area contributed by atoms with Gasteiger partial charge in [0.1, 0.15) is 0 Å². The number of alkyl halides is 3. The van der Waals surface area contributed by atoms with Crippen molar-refractivity contribution in [2.24, 2.45) is 11.3 Å². The predicted octanol–water partition coefficient (Wildman–Crippen LogP) is 3.10. The van der Waals surface area contributed by atoms with E-state index < -0.39 is 12.1 Å². The molecule has 174 valence electrons. The number of carboxylic acids is 1. The molecule has 2 aliphatic rings. The van der Waals surface area contributed by atoms with Crippen LogP contribution < -0.4 is 10.1 Å². The highest BCUT2D eigenvalue weighted by atomic mass is 32.1. The summed E-state index contributed by atoms with van der Waals surface area (Å²) in [4.78, 5) is 30.8. The average Bonchev–Trinajstić information content (AvgIpc) is 3.43. The summed E-state index contributed by atoms with van der Waals surface area (Å²) in [5.41, 5.74) is -0.318. The van der Waals surface area contributed by atoms with Crippen molar-refractivity contribution < 1.29 is 32.6 Å². The number of ether oxygens (including phenoxy) is 1. The minimum Gasteiger partial charge on any atom is -0.477 e. The number of aromatic nitrogens is 1. The molecule has 2 atom stereocenters. The first-order chi connectivity index (χ1) is 15.1. The monoisotopic (exact) mass is 471 g/mol. The van der Waals surface area contributed by atoms with Crippen molar-refractivity contribution in [2.75, 3.05) is 26.2 Å². The van der Waals surface area contributed by atoms with Crippen molar-refractivity contribution in [1.82, 2.24) is 15.2 Å². The van der Waals surface area contributed by atoms with E-state index in [1.54, 1.807) is 6.20 Å². The third kappa shape index (κ3) is 5.77. The highest BCUT2D eigenvalue weighted by Crippen LogP contribution is 2.42. The van der Waals surface area contributed by atoms with Crippen molar-refractivity contribution >= 4 is 23.2 Å². The Morgan fingerprint density at radius 3 is 2.72 bits per heavy atom. The Balaban J connectivity index is 0.000000360. The molecule has 2 aromatic rings. The van der Waals surface area contributed by atoms with Gasteiger partial charge in [-0.2, -0.15) is 13.2 Å². The first kappa shape index (κ1) is 24.0. The average molecular weight is 472 g/mol. The van der Waals surface area contributed by atoms with E-state index in [9.17, 15) is 18.0 Å². The van der Waals surface area contributed by atoms with Crippen LogP contribution in [0.25, 0.3) is 0 Å². The van der Waals surface area contributed by atoms with Gasteiger partial charge in [0, 0.05) is 47.6 Å². The number of thiophene rings is 1. The molecule has 2 aliphatic heterocycles. The zero-order valence-corrected chi connectivity index (χ0v) is 18.2. The molecule has 4 rings (SSSR count). The van der Waals surface area contributed by atoms with E-state index in [2.05, 4.69) is 34.3 Å². The van der Waals surface area contributed by atoms with E-state index >= 15 is 0 Å². The topological polar surface area (TPSA) is 91.8 Å². The van der Waals surface area contributed by atoms with Crippen molar-refractivity contribution in [3.63, 3.8) is 0 Å². The molecule has 2 N–H and O–H groups in total. The second-order valence-corrected chi connectivity index (χ2v) is 9.19. The molecule has 4 heterocycles. The van der Waals surface area contributed by atoms with Crippen LogP contribution >= 0.6 is 11.3 Å². The van der Waals surface area contributed by atoms with Gasteiger partial charge in [0.15, 0.2) is 0 Å². The first-order valence-corrected chi connectivity index (χ1v) is 10.8. The molecule has 7 nitrogen and oxygen atoms in total. The summed E-state index contributed by atoms with van der Waals surface area (Å²) in [5, 5.41) is 10.2. The number of halogens is 3. The largest absolute Gasteiger partial charge is 0.490 e. The number of hydrogen-bond donors (Lipinski definition) is 2. The second kappa shape index (κ2) is 9.86. The Morgan fingerprint density at radius 1 is 1.38 bits per heavy atom. The van der Waals surface area contributed by atoms with E-state index in [-0.39, 0.29) is 17.2 Å². The van der Waals surface area contributed by atoms with Crippen LogP contribution in [0.15, 0.2) is 36.5 Å². The smallest absolute Gasteiger partial charge is 0.477 e. The number of carboxylic acid groups (broad SMARTS) is 1. The summed E-state index contributed by atoms with van der Waals surface area (Å²) in [6.07, 6.45) is -2.46. The first-order valence-electron chi connectivity index (χ1n) is 10.00. The van der Waals surface area contributed by atoms with Crippen LogP contribution in [-0.4, -0.2) is 59.3 Å². The minimum absolute atomic E-state index is 0.187. The molecule has 1 amide bonds. The summed E-state index contributed by atoms with van der Waals surface area (Å²) >= 11 is 1.84. The summed E-state index contributed by atoms with van der Waals surface area (Å²) in [6.45, 7) is 6.06. The number of carbonyl (C=O) groups is 2. The summed E-state index contributed by atoms with van der Waals surface area (Å²) in [6, 6.07) is 10.0. The Hall–Kier alpha value is -2.66. The lowest BCUT2D eigenvalue weighted by Gasteiger charge is -2.28. The van der Waals surface area contributed by atoms with Crippen molar-refractivity contribution in [3.8, 4) is 5.88 Å². The molecule has 1 spiro atoms. The van der Waals surface area contributed by atoms with E-state index in [4.69, 9.17) is 14.6 Å². The third-order valence-corrected chi connectivity index (χ3v) is 6.60. The quantitative estimate of drug-likeness (QED) is 0.697. The van der Waals surface area contributed by atoms with Gasteiger partial charge in [-0.15, -0.1) is 11.3 Å². The van der Waals surface area contributed by atoms with Crippen LogP contribution in [0.1, 0.15) is 16.2 Å². The highest BCUT2D eigenvalue weighted by Gasteiger charge is 2.54. The fourth-order valence-electron chi connectivity index (χ4n) is 3.97. The zero-order valence-electron chi connectivity index (χ0n) is 17.4. The lowest BCUT2D eigenvalue weighted by atomic mass is 9.77. The predicted molar refractivity (Wildman–Crippen MR) is 111 cm³/mol. The maximum atomic E-state index is 12.6. The van der Waals surface area contributed by atoms with Crippen molar-refractivity contribution in [2.45, 2.75) is 26.1 Å². The van der Waals surface area contributed by atoms with E-state index in [0.29, 0.717) is 19.0 Å². The molecule has 0 radical (unpaired) electrons. The molecule has 2 saturated heterocycles. The number of nitrogens with one attached hydrogen (secondary N) is 1. The zero-order chi connectivity index (χ0) is 23.4. The van der Waals surface area contributed by atoms with E-state index in [1.807, 2.05) is 29.5 Å². The van der Waals surface area contributed by atoms with Gasteiger partial charge in [-0.25, -0.2) is 9.78 Å². The molecular formula is C21H24F3N3O4S. The molecular weight excluding hydrogens is 447 g/mol. The molecule has 32 heavy (non-hydrogen) atoms. The fraction of sp³-hybridized carbons (Fsp3) is 0.476. The lowest BCUT2D eigenvalue weighted by molar-refractivity contribution is -0.192. The molecule has 0 bridgehead atoms. The van der Waals surface area contributed by atoms with Crippen LogP contribution in [0, 0.1) is 18.3 Å². The molecule has 0 saturated carbocycles. The van der Waals surface area contributed by atoms with Gasteiger partial charge in [-0.05, 0) is 38.1 Å². The van der Waals surface area contributed by atoms with E-state index in [1.165, 1.54) is 9.75 Å². The number of hydrogen-bond acceptors (Lipinski definition) is 6. The van der Waals surface area contributed by atoms with Crippen LogP contribution in [0.4, 0.5) is 13.2 Å². The van der Waals surface area contributed by atoms with Gasteiger partial charge in [-0.3, -0.25) is 9.69 Å². The molecule has 11 heteroatoms. The van der Waals surface area contributed by atoms with Gasteiger partial charge in [0.05, 0.1) is 12.0 Å². The number of rotatable bonds is 5. The normalized spacial score (nSPS) is 23.0. The van der Waals surface area contributed by atoms with Crippen molar-refractivity contribution in [3.05, 3.63) is 46.3 Å². The number of amides is 1. The molecule has 0 aliphatic carbocycles. The molecule has 2 aromatic heterocycles. The Labute approximate surface area is 187 Å². The Bertz CT molecular complexity index is 938. The van der Waals surface area contributed by atoms with Gasteiger partial charge in [-0.1, -0.05) is 6.07 Å². The molecule has 2 fully saturated rings. The maximum Gasteiger partial charge on any atom is 0.490 e. The van der Waals surface area contributed by atoms with Crippen molar-refractivity contribution in [1.29, 1.82) is 0 Å². The van der Waals surface area contributed by atoms with Gasteiger partial charge >= 0.3 is 12.1 Å². The SMILES string of the molecule is Cc1ccc(CN2CC[C@]3(C2)C(=O)NC[C@H]3COc2ccccn2)s1.O=C(O)C(F)(F)F. The van der Waals surface area contributed by atoms with Gasteiger partial charge < -0.3 is 15.2 Å². The van der Waals surface area contributed by atoms with E-state index in [0.717, 1.165) is 26.1 Å². The third-order valence-electron chi connectivity index (χ3n) is 5.61. The number of pyridine rings is 1.